The minimum atomic E-state index is -4.45. The highest BCUT2D eigenvalue weighted by Gasteiger charge is 2.32. The third-order valence-corrected chi connectivity index (χ3v) is 4.87. The monoisotopic (exact) mass is 360 g/mol. The first-order valence-electron chi connectivity index (χ1n) is 6.73. The van der Waals surface area contributed by atoms with Gasteiger partial charge in [-0.3, -0.25) is 14.9 Å². The number of carboxylic acid groups (broad SMARTS) is 1. The summed E-state index contributed by atoms with van der Waals surface area (Å²) in [5.41, 5.74) is -0.956. The van der Waals surface area contributed by atoms with Crippen molar-refractivity contribution in [2.75, 3.05) is 20.2 Å². The molecule has 0 saturated carbocycles. The first-order chi connectivity index (χ1) is 11.1. The van der Waals surface area contributed by atoms with Crippen LogP contribution in [0.25, 0.3) is 0 Å². The molecule has 11 heteroatoms. The van der Waals surface area contributed by atoms with Gasteiger partial charge >= 0.3 is 11.9 Å². The fourth-order valence-corrected chi connectivity index (χ4v) is 3.62. The van der Waals surface area contributed by atoms with Gasteiger partial charge in [-0.1, -0.05) is 6.92 Å². The van der Waals surface area contributed by atoms with Gasteiger partial charge in [0, 0.05) is 18.7 Å². The average molecular weight is 360 g/mol. The molecule has 0 aromatic heterocycles. The van der Waals surface area contributed by atoms with Crippen molar-refractivity contribution in [2.45, 2.75) is 18.2 Å². The Bertz CT molecular complexity index is 759. The molecular weight excluding hydrogens is 344 g/mol. The van der Waals surface area contributed by atoms with Crippen molar-refractivity contribution < 1.29 is 32.8 Å². The average Bonchev–Trinajstić information content (AvgIpc) is 2.52. The number of non-ortho nitro benzene ring substituents is 1. The van der Waals surface area contributed by atoms with E-state index in [4.69, 9.17) is 5.11 Å². The molecule has 0 fully saturated rings. The quantitative estimate of drug-likeness (QED) is 0.408. The van der Waals surface area contributed by atoms with Gasteiger partial charge in [0.2, 0.25) is 10.0 Å². The Morgan fingerprint density at radius 1 is 1.38 bits per heavy atom. The van der Waals surface area contributed by atoms with Gasteiger partial charge in [0.15, 0.2) is 0 Å². The number of carboxylic acids is 1. The van der Waals surface area contributed by atoms with Crippen LogP contribution in [-0.2, 0) is 19.6 Å². The van der Waals surface area contributed by atoms with Crippen LogP contribution in [-0.4, -0.2) is 54.9 Å². The first-order valence-corrected chi connectivity index (χ1v) is 8.17. The number of rotatable bonds is 8. The lowest BCUT2D eigenvalue weighted by Gasteiger charge is -2.20. The van der Waals surface area contributed by atoms with Gasteiger partial charge in [-0.2, -0.15) is 4.31 Å². The van der Waals surface area contributed by atoms with Crippen LogP contribution in [0.1, 0.15) is 23.7 Å². The fraction of sp³-hybridized carbons (Fsp3) is 0.385. The fourth-order valence-electron chi connectivity index (χ4n) is 1.94. The smallest absolute Gasteiger partial charge is 0.339 e. The Morgan fingerprint density at radius 3 is 2.46 bits per heavy atom. The molecule has 0 aliphatic heterocycles. The molecule has 0 amide bonds. The molecule has 1 aromatic rings. The molecular formula is C13H16N2O8S. The molecule has 1 aromatic carbocycles. The largest absolute Gasteiger partial charge is 0.480 e. The standard InChI is InChI=1S/C13H16N2O8S/c1-3-6-14(8-12(16)17)24(21,22)11-7-9(15(19)20)4-5-10(11)13(18)23-2/h4-5,7H,3,6,8H2,1-2H3,(H,16,17). The minimum Gasteiger partial charge on any atom is -0.480 e. The molecule has 0 aliphatic rings. The van der Waals surface area contributed by atoms with Gasteiger partial charge < -0.3 is 9.84 Å². The number of carbonyl (C=O) groups is 2. The van der Waals surface area contributed by atoms with Crippen molar-refractivity contribution in [3.8, 4) is 0 Å². The van der Waals surface area contributed by atoms with E-state index < -0.39 is 49.6 Å². The second-order valence-electron chi connectivity index (χ2n) is 4.66. The summed E-state index contributed by atoms with van der Waals surface area (Å²) in [5.74, 6) is -2.40. The van der Waals surface area contributed by atoms with E-state index in [1.165, 1.54) is 0 Å². The Hall–Kier alpha value is -2.53. The van der Waals surface area contributed by atoms with E-state index in [1.54, 1.807) is 6.92 Å². The van der Waals surface area contributed by atoms with Crippen LogP contribution in [0.4, 0.5) is 5.69 Å². The Kier molecular flexibility index (Phi) is 6.37. The lowest BCUT2D eigenvalue weighted by atomic mass is 10.2. The highest BCUT2D eigenvalue weighted by Crippen LogP contribution is 2.26. The molecule has 0 saturated heterocycles. The van der Waals surface area contributed by atoms with Gasteiger partial charge in [-0.15, -0.1) is 0 Å². The summed E-state index contributed by atoms with van der Waals surface area (Å²) in [4.78, 5) is 32.1. The molecule has 0 bridgehead atoms. The van der Waals surface area contributed by atoms with Crippen LogP contribution >= 0.6 is 0 Å². The minimum absolute atomic E-state index is 0.127. The Morgan fingerprint density at radius 2 is 2.00 bits per heavy atom. The number of esters is 1. The predicted octanol–water partition coefficient (Wildman–Crippen LogP) is 0.867. The summed E-state index contributed by atoms with van der Waals surface area (Å²) in [7, 11) is -3.42. The van der Waals surface area contributed by atoms with E-state index in [0.717, 1.165) is 19.2 Å². The normalized spacial score (nSPS) is 11.3. The molecule has 24 heavy (non-hydrogen) atoms. The lowest BCUT2D eigenvalue weighted by molar-refractivity contribution is -0.385. The van der Waals surface area contributed by atoms with Crippen molar-refractivity contribution >= 4 is 27.6 Å². The number of nitrogens with zero attached hydrogens (tertiary/aromatic N) is 2. The number of sulfonamides is 1. The molecule has 0 unspecified atom stereocenters. The number of ether oxygens (including phenoxy) is 1. The highest BCUT2D eigenvalue weighted by atomic mass is 32.2. The van der Waals surface area contributed by atoms with Crippen molar-refractivity contribution in [3.63, 3.8) is 0 Å². The molecule has 132 valence electrons. The molecule has 0 spiro atoms. The van der Waals surface area contributed by atoms with Crippen molar-refractivity contribution in [1.82, 2.24) is 4.31 Å². The molecule has 10 nitrogen and oxygen atoms in total. The lowest BCUT2D eigenvalue weighted by Crippen LogP contribution is -2.37. The zero-order chi connectivity index (χ0) is 18.5. The van der Waals surface area contributed by atoms with Crippen LogP contribution in [0, 0.1) is 10.1 Å². The van der Waals surface area contributed by atoms with Crippen LogP contribution in [0.5, 0.6) is 0 Å². The van der Waals surface area contributed by atoms with E-state index in [-0.39, 0.29) is 6.54 Å². The number of nitro groups is 1. The van der Waals surface area contributed by atoms with Crippen molar-refractivity contribution in [3.05, 3.63) is 33.9 Å². The predicted molar refractivity (Wildman–Crippen MR) is 81.1 cm³/mol. The van der Waals surface area contributed by atoms with E-state index in [9.17, 15) is 28.1 Å². The number of methoxy groups -OCH3 is 1. The maximum atomic E-state index is 12.7. The van der Waals surface area contributed by atoms with Gasteiger partial charge in [0.1, 0.15) is 11.4 Å². The van der Waals surface area contributed by atoms with Gasteiger partial charge in [0.25, 0.3) is 5.69 Å². The zero-order valence-electron chi connectivity index (χ0n) is 13.0. The summed E-state index contributed by atoms with van der Waals surface area (Å²) >= 11 is 0. The summed E-state index contributed by atoms with van der Waals surface area (Å²) in [6.45, 7) is 0.677. The SMILES string of the molecule is CCCN(CC(=O)O)S(=O)(=O)c1cc([N+](=O)[O-])ccc1C(=O)OC. The summed E-state index contributed by atoms with van der Waals surface area (Å²) in [6.07, 6.45) is 0.314. The maximum absolute atomic E-state index is 12.7. The number of carbonyl (C=O) groups excluding carboxylic acids is 1. The van der Waals surface area contributed by atoms with Crippen molar-refractivity contribution in [2.24, 2.45) is 0 Å². The van der Waals surface area contributed by atoms with Crippen LogP contribution < -0.4 is 0 Å². The van der Waals surface area contributed by atoms with E-state index in [2.05, 4.69) is 4.74 Å². The summed E-state index contributed by atoms with van der Waals surface area (Å²) in [5, 5.41) is 19.8. The molecule has 0 atom stereocenters. The Balaban J connectivity index is 3.58. The third-order valence-electron chi connectivity index (χ3n) is 2.98. The Labute approximate surface area is 137 Å². The number of hydrogen-bond acceptors (Lipinski definition) is 7. The van der Waals surface area contributed by atoms with Gasteiger partial charge in [-0.25, -0.2) is 13.2 Å². The number of aliphatic carboxylic acids is 1. The highest BCUT2D eigenvalue weighted by molar-refractivity contribution is 7.89. The van der Waals surface area contributed by atoms with E-state index in [1.807, 2.05) is 0 Å². The molecule has 0 radical (unpaired) electrons. The van der Waals surface area contributed by atoms with E-state index in [0.29, 0.717) is 16.8 Å². The summed E-state index contributed by atoms with van der Waals surface area (Å²) in [6, 6.07) is 2.64. The van der Waals surface area contributed by atoms with E-state index >= 15 is 0 Å². The number of hydrogen-bond donors (Lipinski definition) is 1. The second kappa shape index (κ2) is 7.84. The topological polar surface area (TPSA) is 144 Å². The molecule has 0 heterocycles. The number of nitro benzene ring substituents is 1. The van der Waals surface area contributed by atoms with Gasteiger partial charge in [0.05, 0.1) is 17.6 Å². The summed E-state index contributed by atoms with van der Waals surface area (Å²) < 4.78 is 30.5. The molecule has 1 rings (SSSR count). The van der Waals surface area contributed by atoms with Crippen LogP contribution in [0.15, 0.2) is 23.1 Å². The van der Waals surface area contributed by atoms with Crippen molar-refractivity contribution in [1.29, 1.82) is 0 Å². The first kappa shape index (κ1) is 19.5. The van der Waals surface area contributed by atoms with Crippen LogP contribution in [0.3, 0.4) is 0 Å². The van der Waals surface area contributed by atoms with Crippen LogP contribution in [0.2, 0.25) is 0 Å². The second-order valence-corrected chi connectivity index (χ2v) is 6.57. The molecule has 1 N–H and O–H groups in total. The zero-order valence-corrected chi connectivity index (χ0v) is 13.8. The van der Waals surface area contributed by atoms with Gasteiger partial charge in [-0.05, 0) is 12.5 Å². The maximum Gasteiger partial charge on any atom is 0.339 e. The molecule has 0 aliphatic carbocycles. The third kappa shape index (κ3) is 4.26. The number of benzene rings is 1.